The second-order valence-corrected chi connectivity index (χ2v) is 9.91. The summed E-state index contributed by atoms with van der Waals surface area (Å²) < 4.78 is 0. The molecular weight excluding hydrogens is 458 g/mol. The average molecular weight is 500 g/mol. The molecule has 0 unspecified atom stereocenters. The molecule has 0 aromatic heterocycles. The molecule has 35 heavy (non-hydrogen) atoms. The van der Waals surface area contributed by atoms with Crippen LogP contribution in [0.5, 0.6) is 0 Å². The van der Waals surface area contributed by atoms with Gasteiger partial charge in [0.15, 0.2) is 0 Å². The highest BCUT2D eigenvalue weighted by Gasteiger charge is 2.41. The van der Waals surface area contributed by atoms with E-state index in [0.717, 1.165) is 4.90 Å². The van der Waals surface area contributed by atoms with E-state index in [4.69, 9.17) is 5.73 Å². The molecule has 1 rings (SSSR count). The lowest BCUT2D eigenvalue weighted by molar-refractivity contribution is -0.153. The molecule has 4 amide bonds. The molecule has 1 fully saturated rings. The van der Waals surface area contributed by atoms with Gasteiger partial charge in [0.05, 0.1) is 12.6 Å². The van der Waals surface area contributed by atoms with Crippen LogP contribution in [0.3, 0.4) is 0 Å². The number of likely N-dealkylation sites (tertiary alicyclic amines) is 1. The number of aliphatic carboxylic acids is 1. The van der Waals surface area contributed by atoms with Gasteiger partial charge in [0.2, 0.25) is 23.6 Å². The maximum Gasteiger partial charge on any atom is 0.326 e. The van der Waals surface area contributed by atoms with Crippen LogP contribution in [0.4, 0.5) is 0 Å². The number of carboxylic acid groups (broad SMARTS) is 1. The fraction of sp³-hybridized carbons (Fsp3) is 0.783. The standard InChI is InChI=1S/C23H41N5O7/c1-12(2)18(25-20(31)17(24)14(5)29)22(33)28-10-8-9-15(28)21(32)26(6)11-16(30)27(7)19(13(3)4)23(34)35/h12-15,17-19,29H,8-11,24H2,1-7H3,(H,25,31)(H,34,35)/t14-,15+,17+,18-,19+/m1/s1. The first-order chi connectivity index (χ1) is 16.1. The summed E-state index contributed by atoms with van der Waals surface area (Å²) in [5.74, 6) is -3.84. The Kier molecular flexibility index (Phi) is 11.1. The van der Waals surface area contributed by atoms with Gasteiger partial charge < -0.3 is 36.0 Å². The van der Waals surface area contributed by atoms with Crippen molar-refractivity contribution in [1.82, 2.24) is 20.0 Å². The van der Waals surface area contributed by atoms with Gasteiger partial charge in [0.1, 0.15) is 24.2 Å². The summed E-state index contributed by atoms with van der Waals surface area (Å²) >= 11 is 0. The number of carbonyl (C=O) groups is 5. The van der Waals surface area contributed by atoms with E-state index < -0.39 is 59.9 Å². The Balaban J connectivity index is 2.96. The molecule has 0 aromatic rings. The van der Waals surface area contributed by atoms with E-state index in [1.54, 1.807) is 27.7 Å². The second-order valence-electron chi connectivity index (χ2n) is 9.91. The summed E-state index contributed by atoms with van der Waals surface area (Å²) in [6.07, 6.45) is -0.126. The van der Waals surface area contributed by atoms with E-state index in [-0.39, 0.29) is 18.4 Å². The molecule has 0 spiro atoms. The third kappa shape index (κ3) is 7.63. The van der Waals surface area contributed by atoms with Gasteiger partial charge >= 0.3 is 5.97 Å². The molecular formula is C23H41N5O7. The Morgan fingerprint density at radius 2 is 1.63 bits per heavy atom. The zero-order chi connectivity index (χ0) is 27.2. The molecule has 12 nitrogen and oxygen atoms in total. The van der Waals surface area contributed by atoms with Crippen molar-refractivity contribution in [3.63, 3.8) is 0 Å². The van der Waals surface area contributed by atoms with E-state index in [1.807, 2.05) is 0 Å². The highest BCUT2D eigenvalue weighted by Crippen LogP contribution is 2.22. The zero-order valence-electron chi connectivity index (χ0n) is 21.7. The van der Waals surface area contributed by atoms with Crippen LogP contribution in [0.2, 0.25) is 0 Å². The van der Waals surface area contributed by atoms with Gasteiger partial charge in [0, 0.05) is 20.6 Å². The molecule has 1 aliphatic rings. The van der Waals surface area contributed by atoms with Crippen LogP contribution in [0.1, 0.15) is 47.5 Å². The Bertz CT molecular complexity index is 801. The van der Waals surface area contributed by atoms with Gasteiger partial charge in [0.25, 0.3) is 0 Å². The molecule has 0 saturated carbocycles. The number of nitrogens with one attached hydrogen (secondary N) is 1. The first-order valence-corrected chi connectivity index (χ1v) is 11.9. The van der Waals surface area contributed by atoms with Crippen LogP contribution in [0.25, 0.3) is 0 Å². The van der Waals surface area contributed by atoms with Crippen LogP contribution in [0, 0.1) is 11.8 Å². The summed E-state index contributed by atoms with van der Waals surface area (Å²) in [6, 6.07) is -3.98. The lowest BCUT2D eigenvalue weighted by atomic mass is 10.0. The lowest BCUT2D eigenvalue weighted by Crippen LogP contribution is -2.59. The van der Waals surface area contributed by atoms with Crippen molar-refractivity contribution in [3.8, 4) is 0 Å². The minimum atomic E-state index is -1.20. The summed E-state index contributed by atoms with van der Waals surface area (Å²) in [4.78, 5) is 66.8. The third-order valence-corrected chi connectivity index (χ3v) is 6.32. The second kappa shape index (κ2) is 12.8. The summed E-state index contributed by atoms with van der Waals surface area (Å²) in [7, 11) is 2.82. The number of nitrogens with zero attached hydrogens (tertiary/aromatic N) is 3. The molecule has 0 bridgehead atoms. The minimum absolute atomic E-state index is 0.305. The number of aliphatic hydroxyl groups is 1. The number of hydrogen-bond donors (Lipinski definition) is 4. The minimum Gasteiger partial charge on any atom is -0.480 e. The average Bonchev–Trinajstić information content (AvgIpc) is 3.24. The Hall–Kier alpha value is -2.73. The van der Waals surface area contributed by atoms with Crippen LogP contribution in [0.15, 0.2) is 0 Å². The van der Waals surface area contributed by atoms with Gasteiger partial charge in [-0.05, 0) is 31.6 Å². The van der Waals surface area contributed by atoms with Gasteiger partial charge in [-0.2, -0.15) is 0 Å². The fourth-order valence-electron chi connectivity index (χ4n) is 4.15. The van der Waals surface area contributed by atoms with E-state index in [0.29, 0.717) is 19.4 Å². The Morgan fingerprint density at radius 1 is 1.06 bits per heavy atom. The van der Waals surface area contributed by atoms with Crippen molar-refractivity contribution in [2.75, 3.05) is 27.2 Å². The number of rotatable bonds is 11. The van der Waals surface area contributed by atoms with Gasteiger partial charge in [-0.1, -0.05) is 27.7 Å². The summed E-state index contributed by atoms with van der Waals surface area (Å²) in [5.41, 5.74) is 5.69. The predicted molar refractivity (Wildman–Crippen MR) is 128 cm³/mol. The van der Waals surface area contributed by atoms with E-state index in [9.17, 15) is 34.2 Å². The quantitative estimate of drug-likeness (QED) is 0.276. The van der Waals surface area contributed by atoms with Crippen LogP contribution < -0.4 is 11.1 Å². The molecule has 0 aliphatic carbocycles. The Labute approximate surface area is 206 Å². The molecule has 0 aromatic carbocycles. The highest BCUT2D eigenvalue weighted by molar-refractivity contribution is 5.95. The molecule has 12 heteroatoms. The normalized spacial score (nSPS) is 19.2. The third-order valence-electron chi connectivity index (χ3n) is 6.32. The van der Waals surface area contributed by atoms with E-state index in [1.165, 1.54) is 30.8 Å². The monoisotopic (exact) mass is 499 g/mol. The molecule has 0 radical (unpaired) electrons. The number of aliphatic hydroxyl groups excluding tert-OH is 1. The van der Waals surface area contributed by atoms with E-state index >= 15 is 0 Å². The van der Waals surface area contributed by atoms with Crippen LogP contribution >= 0.6 is 0 Å². The van der Waals surface area contributed by atoms with Crippen molar-refractivity contribution in [2.45, 2.75) is 77.7 Å². The molecule has 1 heterocycles. The number of carboxylic acids is 1. The SMILES string of the molecule is CC(C)[C@@H](C(=O)O)N(C)C(=O)CN(C)C(=O)[C@@H]1CCCN1C(=O)[C@H](NC(=O)[C@@H](N)[C@@H](C)O)C(C)C. The first kappa shape index (κ1) is 30.3. The summed E-state index contributed by atoms with van der Waals surface area (Å²) in [6.45, 7) is 8.23. The van der Waals surface area contributed by atoms with Crippen molar-refractivity contribution < 1.29 is 34.2 Å². The van der Waals surface area contributed by atoms with Crippen molar-refractivity contribution >= 4 is 29.6 Å². The van der Waals surface area contributed by atoms with Crippen molar-refractivity contribution in [2.24, 2.45) is 17.6 Å². The molecule has 1 aliphatic heterocycles. The topological polar surface area (TPSA) is 174 Å². The zero-order valence-corrected chi connectivity index (χ0v) is 21.7. The number of likely N-dealkylation sites (N-methyl/N-ethyl adjacent to an activating group) is 2. The molecule has 5 N–H and O–H groups in total. The largest absolute Gasteiger partial charge is 0.480 e. The maximum absolute atomic E-state index is 13.3. The molecule has 200 valence electrons. The maximum atomic E-state index is 13.3. The predicted octanol–water partition coefficient (Wildman–Crippen LogP) is -1.15. The smallest absolute Gasteiger partial charge is 0.326 e. The number of nitrogens with two attached hydrogens (primary N) is 1. The Morgan fingerprint density at radius 3 is 2.09 bits per heavy atom. The van der Waals surface area contributed by atoms with Crippen LogP contribution in [-0.2, 0) is 24.0 Å². The molecule has 5 atom stereocenters. The highest BCUT2D eigenvalue weighted by atomic mass is 16.4. The van der Waals surface area contributed by atoms with Crippen molar-refractivity contribution in [3.05, 3.63) is 0 Å². The van der Waals surface area contributed by atoms with Crippen LogP contribution in [-0.4, -0.2) is 112 Å². The number of carbonyl (C=O) groups excluding carboxylic acids is 4. The lowest BCUT2D eigenvalue weighted by Gasteiger charge is -2.33. The fourth-order valence-corrected chi connectivity index (χ4v) is 4.15. The first-order valence-electron chi connectivity index (χ1n) is 11.9. The number of hydrogen-bond acceptors (Lipinski definition) is 7. The van der Waals surface area contributed by atoms with Gasteiger partial charge in [-0.3, -0.25) is 19.2 Å². The van der Waals surface area contributed by atoms with Gasteiger partial charge in [-0.25, -0.2) is 4.79 Å². The van der Waals surface area contributed by atoms with Gasteiger partial charge in [-0.15, -0.1) is 0 Å². The summed E-state index contributed by atoms with van der Waals surface area (Å²) in [5, 5.41) is 21.6. The number of amides is 4. The van der Waals surface area contributed by atoms with Crippen molar-refractivity contribution in [1.29, 1.82) is 0 Å². The molecule has 1 saturated heterocycles. The van der Waals surface area contributed by atoms with E-state index in [2.05, 4.69) is 5.32 Å².